The summed E-state index contributed by atoms with van der Waals surface area (Å²) < 4.78 is 6.74. The minimum Gasteiger partial charge on any atom is -0.484 e. The summed E-state index contributed by atoms with van der Waals surface area (Å²) in [5.74, 6) is 0.507. The molecule has 0 unspecified atom stereocenters. The first-order valence-corrected chi connectivity index (χ1v) is 9.45. The summed E-state index contributed by atoms with van der Waals surface area (Å²) in [6.45, 7) is 4.03. The van der Waals surface area contributed by atoms with E-state index in [9.17, 15) is 4.79 Å². The third-order valence-electron chi connectivity index (χ3n) is 4.07. The standard InChI is InChI=1S/C22H20INO2/c1-15-3-5-17(6-4-15)18-7-10-20(11-8-18)26-14-22(25)24-21-12-9-19(23)13-16(21)2/h3-13H,14H2,1-2H3,(H,24,25). The molecular formula is C22H20INO2. The van der Waals surface area contributed by atoms with Crippen LogP contribution in [0.3, 0.4) is 0 Å². The molecule has 26 heavy (non-hydrogen) atoms. The van der Waals surface area contributed by atoms with E-state index in [0.717, 1.165) is 25.9 Å². The number of rotatable bonds is 5. The second-order valence-electron chi connectivity index (χ2n) is 6.19. The van der Waals surface area contributed by atoms with E-state index in [2.05, 4.69) is 59.1 Å². The monoisotopic (exact) mass is 457 g/mol. The van der Waals surface area contributed by atoms with Gasteiger partial charge in [0, 0.05) is 9.26 Å². The molecule has 0 heterocycles. The van der Waals surface area contributed by atoms with Crippen LogP contribution in [0.2, 0.25) is 0 Å². The Kier molecular flexibility index (Phi) is 5.93. The summed E-state index contributed by atoms with van der Waals surface area (Å²) in [7, 11) is 0. The Morgan fingerprint density at radius 2 is 1.54 bits per heavy atom. The molecule has 0 aromatic heterocycles. The number of hydrogen-bond acceptors (Lipinski definition) is 2. The predicted molar refractivity (Wildman–Crippen MR) is 115 cm³/mol. The lowest BCUT2D eigenvalue weighted by Crippen LogP contribution is -2.20. The lowest BCUT2D eigenvalue weighted by molar-refractivity contribution is -0.118. The van der Waals surface area contributed by atoms with Crippen LogP contribution in [0.4, 0.5) is 5.69 Å². The highest BCUT2D eigenvalue weighted by molar-refractivity contribution is 14.1. The Morgan fingerprint density at radius 3 is 2.15 bits per heavy atom. The number of carbonyl (C=O) groups is 1. The van der Waals surface area contributed by atoms with Gasteiger partial charge in [0.15, 0.2) is 6.61 Å². The summed E-state index contributed by atoms with van der Waals surface area (Å²) in [5.41, 5.74) is 5.37. The molecule has 1 N–H and O–H groups in total. The molecule has 0 aliphatic carbocycles. The third kappa shape index (κ3) is 4.85. The van der Waals surface area contributed by atoms with Gasteiger partial charge in [0.25, 0.3) is 5.91 Å². The smallest absolute Gasteiger partial charge is 0.262 e. The maximum absolute atomic E-state index is 12.1. The molecule has 0 aliphatic rings. The summed E-state index contributed by atoms with van der Waals surface area (Å²) >= 11 is 2.25. The average Bonchev–Trinajstić information content (AvgIpc) is 2.63. The van der Waals surface area contributed by atoms with Crippen molar-refractivity contribution in [1.29, 1.82) is 0 Å². The van der Waals surface area contributed by atoms with Crippen molar-refractivity contribution in [1.82, 2.24) is 0 Å². The molecule has 132 valence electrons. The number of aryl methyl sites for hydroxylation is 2. The Labute approximate surface area is 167 Å². The molecule has 0 aliphatic heterocycles. The summed E-state index contributed by atoms with van der Waals surface area (Å²) in [6, 6.07) is 22.1. The molecular weight excluding hydrogens is 437 g/mol. The molecule has 4 heteroatoms. The third-order valence-corrected chi connectivity index (χ3v) is 4.74. The van der Waals surface area contributed by atoms with Crippen molar-refractivity contribution in [2.75, 3.05) is 11.9 Å². The predicted octanol–water partition coefficient (Wildman–Crippen LogP) is 5.59. The number of hydrogen-bond donors (Lipinski definition) is 1. The van der Waals surface area contributed by atoms with Gasteiger partial charge in [-0.3, -0.25) is 4.79 Å². The number of benzene rings is 3. The topological polar surface area (TPSA) is 38.3 Å². The molecule has 0 spiro atoms. The van der Waals surface area contributed by atoms with E-state index >= 15 is 0 Å². The van der Waals surface area contributed by atoms with Crippen LogP contribution in [-0.4, -0.2) is 12.5 Å². The van der Waals surface area contributed by atoms with E-state index < -0.39 is 0 Å². The molecule has 3 rings (SSSR count). The number of halogens is 1. The Hall–Kier alpha value is -2.34. The quantitative estimate of drug-likeness (QED) is 0.508. The van der Waals surface area contributed by atoms with Crippen molar-refractivity contribution in [3.63, 3.8) is 0 Å². The first-order valence-electron chi connectivity index (χ1n) is 8.37. The van der Waals surface area contributed by atoms with Crippen LogP contribution in [0.15, 0.2) is 66.7 Å². The second-order valence-corrected chi connectivity index (χ2v) is 7.43. The van der Waals surface area contributed by atoms with E-state index in [1.54, 1.807) is 0 Å². The SMILES string of the molecule is Cc1ccc(-c2ccc(OCC(=O)Nc3ccc(I)cc3C)cc2)cc1. The van der Waals surface area contributed by atoms with Crippen LogP contribution in [-0.2, 0) is 4.79 Å². The average molecular weight is 457 g/mol. The molecule has 1 amide bonds. The number of nitrogens with one attached hydrogen (secondary N) is 1. The van der Waals surface area contributed by atoms with Crippen LogP contribution in [0, 0.1) is 17.4 Å². The van der Waals surface area contributed by atoms with Crippen LogP contribution >= 0.6 is 22.6 Å². The number of carbonyl (C=O) groups excluding carboxylic acids is 1. The molecule has 3 nitrogen and oxygen atoms in total. The second kappa shape index (κ2) is 8.36. The molecule has 3 aromatic carbocycles. The first kappa shape index (κ1) is 18.5. The van der Waals surface area contributed by atoms with Crippen LogP contribution < -0.4 is 10.1 Å². The van der Waals surface area contributed by atoms with Crippen molar-refractivity contribution in [3.8, 4) is 16.9 Å². The van der Waals surface area contributed by atoms with E-state index in [-0.39, 0.29) is 12.5 Å². The Balaban J connectivity index is 1.57. The normalized spacial score (nSPS) is 10.4. The number of amides is 1. The fourth-order valence-corrected chi connectivity index (χ4v) is 3.24. The van der Waals surface area contributed by atoms with E-state index in [1.165, 1.54) is 5.56 Å². The zero-order chi connectivity index (χ0) is 18.5. The maximum Gasteiger partial charge on any atom is 0.262 e. The zero-order valence-corrected chi connectivity index (χ0v) is 16.9. The Bertz CT molecular complexity index is 902. The summed E-state index contributed by atoms with van der Waals surface area (Å²) in [4.78, 5) is 12.1. The van der Waals surface area contributed by atoms with Gasteiger partial charge in [-0.15, -0.1) is 0 Å². The van der Waals surface area contributed by atoms with Gasteiger partial charge < -0.3 is 10.1 Å². The van der Waals surface area contributed by atoms with E-state index in [4.69, 9.17) is 4.74 Å². The fourth-order valence-electron chi connectivity index (χ4n) is 2.59. The van der Waals surface area contributed by atoms with Gasteiger partial charge in [0.1, 0.15) is 5.75 Å². The molecule has 0 radical (unpaired) electrons. The minimum atomic E-state index is -0.170. The van der Waals surface area contributed by atoms with Crippen LogP contribution in [0.5, 0.6) is 5.75 Å². The van der Waals surface area contributed by atoms with Crippen molar-refractivity contribution in [2.45, 2.75) is 13.8 Å². The summed E-state index contributed by atoms with van der Waals surface area (Å²) in [6.07, 6.45) is 0. The van der Waals surface area contributed by atoms with Crippen molar-refractivity contribution in [3.05, 3.63) is 81.4 Å². The fraction of sp³-hybridized carbons (Fsp3) is 0.136. The highest BCUT2D eigenvalue weighted by Gasteiger charge is 2.06. The van der Waals surface area contributed by atoms with Gasteiger partial charge in [-0.05, 0) is 83.5 Å². The highest BCUT2D eigenvalue weighted by Crippen LogP contribution is 2.23. The largest absolute Gasteiger partial charge is 0.484 e. The van der Waals surface area contributed by atoms with Gasteiger partial charge in [0.2, 0.25) is 0 Å². The van der Waals surface area contributed by atoms with E-state index in [1.807, 2.05) is 49.4 Å². The molecule has 3 aromatic rings. The van der Waals surface area contributed by atoms with Crippen LogP contribution in [0.25, 0.3) is 11.1 Å². The number of ether oxygens (including phenoxy) is 1. The highest BCUT2D eigenvalue weighted by atomic mass is 127. The van der Waals surface area contributed by atoms with Crippen LogP contribution in [0.1, 0.15) is 11.1 Å². The van der Waals surface area contributed by atoms with Gasteiger partial charge in [-0.25, -0.2) is 0 Å². The van der Waals surface area contributed by atoms with Gasteiger partial charge in [0.05, 0.1) is 0 Å². The van der Waals surface area contributed by atoms with Crippen molar-refractivity contribution >= 4 is 34.2 Å². The molecule has 0 saturated heterocycles. The van der Waals surface area contributed by atoms with Gasteiger partial charge in [-0.1, -0.05) is 42.0 Å². The molecule has 0 bridgehead atoms. The maximum atomic E-state index is 12.1. The molecule has 0 saturated carbocycles. The van der Waals surface area contributed by atoms with Gasteiger partial charge in [-0.2, -0.15) is 0 Å². The first-order chi connectivity index (χ1) is 12.5. The minimum absolute atomic E-state index is 0.0185. The molecule has 0 atom stereocenters. The van der Waals surface area contributed by atoms with Crippen molar-refractivity contribution < 1.29 is 9.53 Å². The Morgan fingerprint density at radius 1 is 0.923 bits per heavy atom. The molecule has 0 fully saturated rings. The summed E-state index contributed by atoms with van der Waals surface area (Å²) in [5, 5.41) is 2.88. The van der Waals surface area contributed by atoms with Gasteiger partial charge >= 0.3 is 0 Å². The number of anilines is 1. The van der Waals surface area contributed by atoms with E-state index in [0.29, 0.717) is 5.75 Å². The zero-order valence-electron chi connectivity index (χ0n) is 14.8. The lowest BCUT2D eigenvalue weighted by atomic mass is 10.0. The van der Waals surface area contributed by atoms with Crippen molar-refractivity contribution in [2.24, 2.45) is 0 Å². The lowest BCUT2D eigenvalue weighted by Gasteiger charge is -2.10.